The Hall–Kier alpha value is -1.42. The van der Waals surface area contributed by atoms with E-state index in [4.69, 9.17) is 5.11 Å². The third-order valence-electron chi connectivity index (χ3n) is 2.47. The number of aromatic carboxylic acids is 1. The summed E-state index contributed by atoms with van der Waals surface area (Å²) in [4.78, 5) is 14.4. The van der Waals surface area contributed by atoms with Crippen LogP contribution in [0.1, 0.15) is 34.9 Å². The van der Waals surface area contributed by atoms with Crippen molar-refractivity contribution in [1.82, 2.24) is 10.3 Å². The SMILES string of the molecule is O=C(O)c1ccc([C@@H]2CCCN2)cn1. The van der Waals surface area contributed by atoms with E-state index in [2.05, 4.69) is 10.3 Å². The van der Waals surface area contributed by atoms with Crippen molar-refractivity contribution in [2.75, 3.05) is 6.54 Å². The van der Waals surface area contributed by atoms with Crippen LogP contribution in [0, 0.1) is 0 Å². The number of hydrogen-bond donors (Lipinski definition) is 2. The highest BCUT2D eigenvalue weighted by Gasteiger charge is 2.16. The van der Waals surface area contributed by atoms with E-state index in [9.17, 15) is 4.79 Å². The first-order valence-electron chi connectivity index (χ1n) is 4.70. The number of carbonyl (C=O) groups is 1. The molecule has 0 bridgehead atoms. The monoisotopic (exact) mass is 192 g/mol. The maximum Gasteiger partial charge on any atom is 0.354 e. The molecule has 0 radical (unpaired) electrons. The van der Waals surface area contributed by atoms with Crippen LogP contribution < -0.4 is 5.32 Å². The fraction of sp³-hybridized carbons (Fsp3) is 0.400. The van der Waals surface area contributed by atoms with Crippen molar-refractivity contribution in [3.05, 3.63) is 29.6 Å². The lowest BCUT2D eigenvalue weighted by Crippen LogP contribution is -2.13. The Labute approximate surface area is 82.0 Å². The predicted molar refractivity (Wildman–Crippen MR) is 51.2 cm³/mol. The van der Waals surface area contributed by atoms with E-state index < -0.39 is 5.97 Å². The Morgan fingerprint density at radius 1 is 1.57 bits per heavy atom. The standard InChI is InChI=1S/C10H12N2O2/c13-10(14)9-4-3-7(6-12-9)8-2-1-5-11-8/h3-4,6,8,11H,1-2,5H2,(H,13,14)/t8-/m0/s1. The number of nitrogens with one attached hydrogen (secondary N) is 1. The van der Waals surface area contributed by atoms with Gasteiger partial charge in [0, 0.05) is 12.2 Å². The van der Waals surface area contributed by atoms with Gasteiger partial charge in [-0.3, -0.25) is 0 Å². The van der Waals surface area contributed by atoms with Crippen LogP contribution in [-0.2, 0) is 0 Å². The first kappa shape index (κ1) is 9.15. The fourth-order valence-electron chi connectivity index (χ4n) is 1.71. The summed E-state index contributed by atoms with van der Waals surface area (Å²) in [5, 5.41) is 12.0. The fourth-order valence-corrected chi connectivity index (χ4v) is 1.71. The first-order valence-corrected chi connectivity index (χ1v) is 4.70. The maximum absolute atomic E-state index is 10.6. The van der Waals surface area contributed by atoms with E-state index in [0.717, 1.165) is 18.5 Å². The molecule has 74 valence electrons. The van der Waals surface area contributed by atoms with Gasteiger partial charge in [-0.05, 0) is 31.0 Å². The van der Waals surface area contributed by atoms with Gasteiger partial charge in [0.25, 0.3) is 0 Å². The number of carboxylic acids is 1. The predicted octanol–water partition coefficient (Wildman–Crippen LogP) is 1.20. The van der Waals surface area contributed by atoms with Gasteiger partial charge in [0.1, 0.15) is 5.69 Å². The van der Waals surface area contributed by atoms with Crippen molar-refractivity contribution in [3.63, 3.8) is 0 Å². The van der Waals surface area contributed by atoms with Crippen LogP contribution in [0.25, 0.3) is 0 Å². The minimum atomic E-state index is -0.976. The molecule has 1 fully saturated rings. The van der Waals surface area contributed by atoms with Crippen LogP contribution in [0.15, 0.2) is 18.3 Å². The lowest BCUT2D eigenvalue weighted by atomic mass is 10.1. The molecule has 2 rings (SSSR count). The molecular weight excluding hydrogens is 180 g/mol. The van der Waals surface area contributed by atoms with Crippen LogP contribution in [0.3, 0.4) is 0 Å². The van der Waals surface area contributed by atoms with E-state index in [1.807, 2.05) is 6.07 Å². The summed E-state index contributed by atoms with van der Waals surface area (Å²) in [5.74, 6) is -0.976. The minimum absolute atomic E-state index is 0.103. The molecule has 2 N–H and O–H groups in total. The van der Waals surface area contributed by atoms with Gasteiger partial charge in [-0.15, -0.1) is 0 Å². The maximum atomic E-state index is 10.6. The zero-order valence-corrected chi connectivity index (χ0v) is 7.73. The molecule has 14 heavy (non-hydrogen) atoms. The normalized spacial score (nSPS) is 21.0. The number of rotatable bonds is 2. The first-order chi connectivity index (χ1) is 6.77. The Morgan fingerprint density at radius 2 is 2.43 bits per heavy atom. The number of pyridine rings is 1. The van der Waals surface area contributed by atoms with Gasteiger partial charge in [0.05, 0.1) is 0 Å². The molecule has 1 aliphatic heterocycles. The molecule has 4 nitrogen and oxygen atoms in total. The molecular formula is C10H12N2O2. The summed E-state index contributed by atoms with van der Waals surface area (Å²) in [6, 6.07) is 3.74. The molecule has 1 saturated heterocycles. The molecule has 1 atom stereocenters. The summed E-state index contributed by atoms with van der Waals surface area (Å²) in [5.41, 5.74) is 1.18. The molecule has 0 unspecified atom stereocenters. The molecule has 0 aromatic carbocycles. The molecule has 0 spiro atoms. The lowest BCUT2D eigenvalue weighted by molar-refractivity contribution is 0.0690. The highest BCUT2D eigenvalue weighted by Crippen LogP contribution is 2.21. The smallest absolute Gasteiger partial charge is 0.354 e. The molecule has 0 aliphatic carbocycles. The van der Waals surface area contributed by atoms with Gasteiger partial charge in [-0.2, -0.15) is 0 Å². The average Bonchev–Trinajstić information content (AvgIpc) is 2.71. The largest absolute Gasteiger partial charge is 0.477 e. The van der Waals surface area contributed by atoms with Crippen molar-refractivity contribution >= 4 is 5.97 Å². The van der Waals surface area contributed by atoms with E-state index >= 15 is 0 Å². The highest BCUT2D eigenvalue weighted by atomic mass is 16.4. The van der Waals surface area contributed by atoms with Gasteiger partial charge in [0.15, 0.2) is 0 Å². The van der Waals surface area contributed by atoms with Crippen LogP contribution in [-0.4, -0.2) is 22.6 Å². The topological polar surface area (TPSA) is 62.2 Å². The molecule has 4 heteroatoms. The van der Waals surface area contributed by atoms with Crippen LogP contribution in [0.5, 0.6) is 0 Å². The van der Waals surface area contributed by atoms with Gasteiger partial charge in [-0.25, -0.2) is 9.78 Å². The second kappa shape index (κ2) is 3.75. The number of hydrogen-bond acceptors (Lipinski definition) is 3. The van der Waals surface area contributed by atoms with Crippen LogP contribution >= 0.6 is 0 Å². The van der Waals surface area contributed by atoms with Gasteiger partial charge in [-0.1, -0.05) is 6.07 Å². The summed E-state index contributed by atoms with van der Waals surface area (Å²) in [6.07, 6.45) is 3.92. The van der Waals surface area contributed by atoms with Crippen molar-refractivity contribution in [3.8, 4) is 0 Å². The van der Waals surface area contributed by atoms with E-state index in [0.29, 0.717) is 6.04 Å². The van der Waals surface area contributed by atoms with Crippen LogP contribution in [0.2, 0.25) is 0 Å². The Morgan fingerprint density at radius 3 is 2.93 bits per heavy atom. The van der Waals surface area contributed by atoms with Gasteiger partial charge < -0.3 is 10.4 Å². The molecule has 2 heterocycles. The van der Waals surface area contributed by atoms with E-state index in [1.54, 1.807) is 12.3 Å². The number of nitrogens with zero attached hydrogens (tertiary/aromatic N) is 1. The number of carboxylic acid groups (broad SMARTS) is 1. The molecule has 0 saturated carbocycles. The Balaban J connectivity index is 2.16. The average molecular weight is 192 g/mol. The zero-order valence-electron chi connectivity index (χ0n) is 7.73. The van der Waals surface area contributed by atoms with E-state index in [1.165, 1.54) is 6.42 Å². The number of aromatic nitrogens is 1. The second-order valence-corrected chi connectivity index (χ2v) is 3.43. The van der Waals surface area contributed by atoms with Crippen molar-refractivity contribution < 1.29 is 9.90 Å². The minimum Gasteiger partial charge on any atom is -0.477 e. The van der Waals surface area contributed by atoms with E-state index in [-0.39, 0.29) is 5.69 Å². The third-order valence-corrected chi connectivity index (χ3v) is 2.47. The lowest BCUT2D eigenvalue weighted by Gasteiger charge is -2.09. The Bertz CT molecular complexity index is 328. The second-order valence-electron chi connectivity index (χ2n) is 3.43. The van der Waals surface area contributed by atoms with Crippen LogP contribution in [0.4, 0.5) is 0 Å². The quantitative estimate of drug-likeness (QED) is 0.739. The molecule has 1 aromatic heterocycles. The molecule has 0 amide bonds. The highest BCUT2D eigenvalue weighted by molar-refractivity contribution is 5.85. The summed E-state index contributed by atoms with van der Waals surface area (Å²) in [6.45, 7) is 1.03. The molecule has 1 aromatic rings. The third kappa shape index (κ3) is 1.75. The van der Waals surface area contributed by atoms with Crippen molar-refractivity contribution in [2.24, 2.45) is 0 Å². The van der Waals surface area contributed by atoms with Gasteiger partial charge in [0.2, 0.25) is 0 Å². The summed E-state index contributed by atoms with van der Waals surface area (Å²) >= 11 is 0. The zero-order chi connectivity index (χ0) is 9.97. The van der Waals surface area contributed by atoms with Crippen molar-refractivity contribution in [1.29, 1.82) is 0 Å². The Kier molecular flexibility index (Phi) is 2.45. The summed E-state index contributed by atoms with van der Waals surface area (Å²) in [7, 11) is 0. The van der Waals surface area contributed by atoms with Gasteiger partial charge >= 0.3 is 5.97 Å². The molecule has 1 aliphatic rings. The van der Waals surface area contributed by atoms with Crippen molar-refractivity contribution in [2.45, 2.75) is 18.9 Å². The summed E-state index contributed by atoms with van der Waals surface area (Å²) < 4.78 is 0.